The van der Waals surface area contributed by atoms with E-state index in [0.717, 1.165) is 0 Å². The van der Waals surface area contributed by atoms with E-state index in [1.807, 2.05) is 17.9 Å². The first-order valence-corrected chi connectivity index (χ1v) is 9.65. The van der Waals surface area contributed by atoms with E-state index in [1.165, 1.54) is 28.8 Å². The van der Waals surface area contributed by atoms with E-state index in [2.05, 4.69) is 4.98 Å². The SMILES string of the molecule is C[C@H]1CN(c2cc(=O)n(C)c3ccc(C#N)nc23)CC[C@@H]1Oc1c(F)cccc1F. The van der Waals surface area contributed by atoms with Gasteiger partial charge in [0.1, 0.15) is 23.4 Å². The molecule has 3 aromatic rings. The van der Waals surface area contributed by atoms with Crippen LogP contribution < -0.4 is 15.2 Å². The molecule has 0 spiro atoms. The molecule has 0 saturated carbocycles. The zero-order valence-electron chi connectivity index (χ0n) is 16.6. The number of halogens is 2. The van der Waals surface area contributed by atoms with Crippen molar-refractivity contribution in [1.29, 1.82) is 5.26 Å². The van der Waals surface area contributed by atoms with Crippen molar-refractivity contribution < 1.29 is 13.5 Å². The molecule has 0 aliphatic carbocycles. The fraction of sp³-hybridized carbons (Fsp3) is 0.318. The number of hydrogen-bond donors (Lipinski definition) is 0. The summed E-state index contributed by atoms with van der Waals surface area (Å²) in [6, 6.07) is 10.5. The zero-order chi connectivity index (χ0) is 21.4. The molecule has 1 saturated heterocycles. The van der Waals surface area contributed by atoms with Crippen molar-refractivity contribution in [3.8, 4) is 11.8 Å². The van der Waals surface area contributed by atoms with E-state index in [9.17, 15) is 18.8 Å². The van der Waals surface area contributed by atoms with Crippen molar-refractivity contribution in [2.45, 2.75) is 19.4 Å². The Morgan fingerprint density at radius 3 is 2.63 bits per heavy atom. The topological polar surface area (TPSA) is 71.2 Å². The number of aryl methyl sites for hydroxylation is 1. The number of hydrogen-bond acceptors (Lipinski definition) is 5. The van der Waals surface area contributed by atoms with E-state index >= 15 is 0 Å². The second-order valence-corrected chi connectivity index (χ2v) is 7.52. The Kier molecular flexibility index (Phi) is 5.12. The first kappa shape index (κ1) is 19.8. The average molecular weight is 410 g/mol. The average Bonchev–Trinajstić information content (AvgIpc) is 2.74. The highest BCUT2D eigenvalue weighted by Gasteiger charge is 2.30. The third kappa shape index (κ3) is 3.47. The summed E-state index contributed by atoms with van der Waals surface area (Å²) in [6.07, 6.45) is 0.150. The molecule has 3 heterocycles. The molecule has 1 aliphatic heterocycles. The van der Waals surface area contributed by atoms with Gasteiger partial charge < -0.3 is 14.2 Å². The molecule has 8 heteroatoms. The minimum absolute atomic E-state index is 0.0592. The van der Waals surface area contributed by atoms with Crippen molar-refractivity contribution in [2.75, 3.05) is 18.0 Å². The van der Waals surface area contributed by atoms with Crippen molar-refractivity contribution in [2.24, 2.45) is 13.0 Å². The molecule has 1 fully saturated rings. The lowest BCUT2D eigenvalue weighted by molar-refractivity contribution is 0.111. The molecule has 154 valence electrons. The number of aromatic nitrogens is 2. The summed E-state index contributed by atoms with van der Waals surface area (Å²) in [4.78, 5) is 18.9. The standard InChI is InChI=1S/C22H20F2N4O2/c1-13-12-28(9-8-19(13)30-22-15(23)4-3-5-16(22)24)18-10-20(29)27(2)17-7-6-14(11-25)26-21(17)18/h3-7,10,13,19H,8-9,12H2,1-2H3/t13-,19-/m0/s1. The molecule has 30 heavy (non-hydrogen) atoms. The lowest BCUT2D eigenvalue weighted by atomic mass is 9.95. The number of fused-ring (bicyclic) bond motifs is 1. The van der Waals surface area contributed by atoms with E-state index < -0.39 is 11.6 Å². The van der Waals surface area contributed by atoms with Crippen LogP contribution in [0, 0.1) is 28.9 Å². The Morgan fingerprint density at radius 1 is 1.23 bits per heavy atom. The van der Waals surface area contributed by atoms with Gasteiger partial charge in [-0.05, 0) is 24.3 Å². The Labute approximate surface area is 171 Å². The molecule has 0 radical (unpaired) electrons. The van der Waals surface area contributed by atoms with E-state index in [4.69, 9.17) is 4.74 Å². The number of nitriles is 1. The zero-order valence-corrected chi connectivity index (χ0v) is 16.6. The molecule has 2 atom stereocenters. The monoisotopic (exact) mass is 410 g/mol. The van der Waals surface area contributed by atoms with Gasteiger partial charge in [0.05, 0.1) is 11.2 Å². The maximum Gasteiger partial charge on any atom is 0.252 e. The molecule has 1 aromatic carbocycles. The normalized spacial score (nSPS) is 19.0. The third-order valence-electron chi connectivity index (χ3n) is 5.54. The smallest absolute Gasteiger partial charge is 0.252 e. The highest BCUT2D eigenvalue weighted by atomic mass is 19.1. The highest BCUT2D eigenvalue weighted by Crippen LogP contribution is 2.31. The van der Waals surface area contributed by atoms with Gasteiger partial charge in [0.25, 0.3) is 5.56 Å². The molecular formula is C22H20F2N4O2. The minimum Gasteiger partial charge on any atom is -0.484 e. The summed E-state index contributed by atoms with van der Waals surface area (Å²) in [6.45, 7) is 2.97. The van der Waals surface area contributed by atoms with Gasteiger partial charge in [-0.1, -0.05) is 13.0 Å². The number of nitrogens with zero attached hydrogens (tertiary/aromatic N) is 4. The molecule has 4 rings (SSSR count). The largest absolute Gasteiger partial charge is 0.484 e. The van der Waals surface area contributed by atoms with Crippen molar-refractivity contribution in [3.05, 3.63) is 64.1 Å². The highest BCUT2D eigenvalue weighted by molar-refractivity contribution is 5.88. The first-order chi connectivity index (χ1) is 14.4. The number of rotatable bonds is 3. The fourth-order valence-corrected chi connectivity index (χ4v) is 3.88. The fourth-order valence-electron chi connectivity index (χ4n) is 3.88. The lowest BCUT2D eigenvalue weighted by Crippen LogP contribution is -2.45. The first-order valence-electron chi connectivity index (χ1n) is 9.65. The van der Waals surface area contributed by atoms with Crippen molar-refractivity contribution in [1.82, 2.24) is 9.55 Å². The van der Waals surface area contributed by atoms with Gasteiger partial charge in [0.15, 0.2) is 17.4 Å². The number of benzene rings is 1. The summed E-state index contributed by atoms with van der Waals surface area (Å²) in [7, 11) is 1.66. The van der Waals surface area contributed by atoms with Crippen LogP contribution in [0.15, 0.2) is 41.2 Å². The maximum atomic E-state index is 14.0. The number of piperidine rings is 1. The van der Waals surface area contributed by atoms with Crippen molar-refractivity contribution >= 4 is 16.7 Å². The molecule has 0 bridgehead atoms. The van der Waals surface area contributed by atoms with Gasteiger partial charge in [-0.15, -0.1) is 0 Å². The number of pyridine rings is 2. The predicted octanol–water partition coefficient (Wildman–Crippen LogP) is 3.38. The summed E-state index contributed by atoms with van der Waals surface area (Å²) < 4.78 is 35.1. The summed E-state index contributed by atoms with van der Waals surface area (Å²) in [5, 5.41) is 9.21. The van der Waals surface area contributed by atoms with Gasteiger partial charge in [0.2, 0.25) is 0 Å². The van der Waals surface area contributed by atoms with Crippen LogP contribution in [0.1, 0.15) is 19.0 Å². The minimum atomic E-state index is -0.726. The van der Waals surface area contributed by atoms with Gasteiger partial charge >= 0.3 is 0 Å². The Morgan fingerprint density at radius 2 is 1.97 bits per heavy atom. The Hall–Kier alpha value is -3.47. The third-order valence-corrected chi connectivity index (χ3v) is 5.54. The number of ether oxygens (including phenoxy) is 1. The molecular weight excluding hydrogens is 390 g/mol. The second-order valence-electron chi connectivity index (χ2n) is 7.52. The van der Waals surface area contributed by atoms with Crippen LogP contribution in [0.25, 0.3) is 11.0 Å². The molecule has 0 amide bonds. The Balaban J connectivity index is 1.63. The second kappa shape index (κ2) is 7.75. The van der Waals surface area contributed by atoms with Crippen LogP contribution >= 0.6 is 0 Å². The van der Waals surface area contributed by atoms with Crippen LogP contribution in [0.5, 0.6) is 5.75 Å². The van der Waals surface area contributed by atoms with E-state index in [0.29, 0.717) is 36.2 Å². The van der Waals surface area contributed by atoms with Crippen LogP contribution in [-0.2, 0) is 7.05 Å². The number of anilines is 1. The van der Waals surface area contributed by atoms with Gasteiger partial charge in [-0.25, -0.2) is 13.8 Å². The molecule has 0 N–H and O–H groups in total. The van der Waals surface area contributed by atoms with Crippen molar-refractivity contribution in [3.63, 3.8) is 0 Å². The van der Waals surface area contributed by atoms with Crippen LogP contribution in [0.3, 0.4) is 0 Å². The molecule has 2 aromatic heterocycles. The summed E-state index contributed by atoms with van der Waals surface area (Å²) in [5.74, 6) is -1.87. The molecule has 0 unspecified atom stereocenters. The van der Waals surface area contributed by atoms with E-state index in [1.54, 1.807) is 19.2 Å². The summed E-state index contributed by atoms with van der Waals surface area (Å²) in [5.41, 5.74) is 1.94. The maximum absolute atomic E-state index is 14.0. The van der Waals surface area contributed by atoms with Gasteiger partial charge in [-0.3, -0.25) is 4.79 Å². The lowest BCUT2D eigenvalue weighted by Gasteiger charge is -2.38. The number of para-hydroxylation sites is 1. The van der Waals surface area contributed by atoms with Crippen LogP contribution in [0.2, 0.25) is 0 Å². The quantitative estimate of drug-likeness (QED) is 0.662. The van der Waals surface area contributed by atoms with Crippen LogP contribution in [0.4, 0.5) is 14.5 Å². The summed E-state index contributed by atoms with van der Waals surface area (Å²) >= 11 is 0. The molecule has 6 nitrogen and oxygen atoms in total. The van der Waals surface area contributed by atoms with Crippen LogP contribution in [-0.4, -0.2) is 28.7 Å². The van der Waals surface area contributed by atoms with Gasteiger partial charge in [0, 0.05) is 38.5 Å². The van der Waals surface area contributed by atoms with E-state index in [-0.39, 0.29) is 29.0 Å². The predicted molar refractivity (Wildman–Crippen MR) is 108 cm³/mol. The molecule has 1 aliphatic rings. The Bertz CT molecular complexity index is 1200. The van der Waals surface area contributed by atoms with Gasteiger partial charge in [-0.2, -0.15) is 5.26 Å².